The molecule has 0 bridgehead atoms. The first-order valence-corrected chi connectivity index (χ1v) is 21.2. The van der Waals surface area contributed by atoms with Crippen LogP contribution in [0, 0.1) is 0 Å². The van der Waals surface area contributed by atoms with E-state index in [1.807, 2.05) is 0 Å². The Morgan fingerprint density at radius 3 is 0.984 bits per heavy atom. The molecule has 0 saturated heterocycles. The Labute approximate surface area is 362 Å². The Balaban J connectivity index is 1.03. The van der Waals surface area contributed by atoms with E-state index in [0.29, 0.717) is 0 Å². The molecule has 0 spiro atoms. The van der Waals surface area contributed by atoms with Crippen LogP contribution >= 0.6 is 0 Å². The van der Waals surface area contributed by atoms with Gasteiger partial charge in [-0.25, -0.2) is 0 Å². The summed E-state index contributed by atoms with van der Waals surface area (Å²) in [7, 11) is 0. The molecule has 0 aliphatic heterocycles. The molecule has 0 saturated carbocycles. The van der Waals surface area contributed by atoms with Crippen molar-refractivity contribution in [1.82, 2.24) is 4.57 Å². The van der Waals surface area contributed by atoms with E-state index in [0.717, 1.165) is 22.7 Å². The van der Waals surface area contributed by atoms with Crippen molar-refractivity contribution in [2.45, 2.75) is 0 Å². The topological polar surface area (TPSA) is 8.17 Å². The molecule has 62 heavy (non-hydrogen) atoms. The van der Waals surface area contributed by atoms with Crippen LogP contribution in [0.3, 0.4) is 0 Å². The number of fused-ring (bicyclic) bond motifs is 3. The zero-order valence-electron chi connectivity index (χ0n) is 34.1. The van der Waals surface area contributed by atoms with Gasteiger partial charge in [0.05, 0.1) is 11.0 Å². The van der Waals surface area contributed by atoms with Gasteiger partial charge >= 0.3 is 0 Å². The van der Waals surface area contributed by atoms with Crippen LogP contribution < -0.4 is 4.90 Å². The molecule has 11 aromatic rings. The number of aromatic nitrogens is 1. The lowest BCUT2D eigenvalue weighted by Crippen LogP contribution is -2.10. The number of anilines is 3. The van der Waals surface area contributed by atoms with E-state index in [1.165, 1.54) is 77.4 Å². The molecular weight excluding hydrogens is 749 g/mol. The highest BCUT2D eigenvalue weighted by molar-refractivity contribution is 6.11. The first-order valence-electron chi connectivity index (χ1n) is 21.2. The normalized spacial score (nSPS) is 11.2. The summed E-state index contributed by atoms with van der Waals surface area (Å²) in [4.78, 5) is 2.33. The van der Waals surface area contributed by atoms with Crippen molar-refractivity contribution in [1.29, 1.82) is 0 Å². The third-order valence-electron chi connectivity index (χ3n) is 12.0. The summed E-state index contributed by atoms with van der Waals surface area (Å²) >= 11 is 0. The van der Waals surface area contributed by atoms with Crippen molar-refractivity contribution in [3.05, 3.63) is 255 Å². The maximum Gasteiger partial charge on any atom is 0.0541 e. The summed E-state index contributed by atoms with van der Waals surface area (Å²) in [5.74, 6) is 0. The average molecular weight is 791 g/mol. The fourth-order valence-electron chi connectivity index (χ4n) is 8.89. The predicted molar refractivity (Wildman–Crippen MR) is 263 cm³/mol. The van der Waals surface area contributed by atoms with Crippen LogP contribution in [0.5, 0.6) is 0 Å². The number of nitrogens with zero attached hydrogens (tertiary/aromatic N) is 2. The zero-order chi connectivity index (χ0) is 41.2. The van der Waals surface area contributed by atoms with Crippen LogP contribution in [0.2, 0.25) is 0 Å². The van der Waals surface area contributed by atoms with E-state index in [9.17, 15) is 0 Å². The molecule has 0 aliphatic carbocycles. The Morgan fingerprint density at radius 2 is 0.532 bits per heavy atom. The van der Waals surface area contributed by atoms with E-state index in [4.69, 9.17) is 0 Å². The van der Waals surface area contributed by atoms with Crippen molar-refractivity contribution in [2.24, 2.45) is 0 Å². The fourth-order valence-corrected chi connectivity index (χ4v) is 8.89. The van der Waals surface area contributed by atoms with E-state index in [-0.39, 0.29) is 0 Å². The Morgan fingerprint density at radius 1 is 0.226 bits per heavy atom. The second-order valence-corrected chi connectivity index (χ2v) is 15.8. The van der Waals surface area contributed by atoms with Crippen LogP contribution in [0.1, 0.15) is 0 Å². The van der Waals surface area contributed by atoms with Crippen molar-refractivity contribution < 1.29 is 0 Å². The lowest BCUT2D eigenvalue weighted by Gasteiger charge is -2.26. The van der Waals surface area contributed by atoms with Gasteiger partial charge < -0.3 is 9.47 Å². The summed E-state index contributed by atoms with van der Waals surface area (Å²) < 4.78 is 2.42. The molecule has 0 atom stereocenters. The van der Waals surface area contributed by atoms with Crippen molar-refractivity contribution >= 4 is 38.9 Å². The van der Waals surface area contributed by atoms with Crippen molar-refractivity contribution in [3.63, 3.8) is 0 Å². The van der Waals surface area contributed by atoms with Crippen molar-refractivity contribution in [3.8, 4) is 61.3 Å². The minimum absolute atomic E-state index is 1.09. The lowest BCUT2D eigenvalue weighted by atomic mass is 9.96. The quantitative estimate of drug-likeness (QED) is 0.141. The van der Waals surface area contributed by atoms with Gasteiger partial charge in [-0.2, -0.15) is 0 Å². The summed E-state index contributed by atoms with van der Waals surface area (Å²) in [6.45, 7) is 0. The van der Waals surface area contributed by atoms with Gasteiger partial charge in [0, 0.05) is 33.5 Å². The summed E-state index contributed by atoms with van der Waals surface area (Å²) in [5, 5.41) is 2.44. The van der Waals surface area contributed by atoms with Gasteiger partial charge in [0.15, 0.2) is 0 Å². The molecule has 11 rings (SSSR count). The maximum absolute atomic E-state index is 2.42. The predicted octanol–water partition coefficient (Wildman–Crippen LogP) is 16.6. The van der Waals surface area contributed by atoms with Crippen LogP contribution in [0.4, 0.5) is 17.1 Å². The highest BCUT2D eigenvalue weighted by Crippen LogP contribution is 2.40. The van der Waals surface area contributed by atoms with Gasteiger partial charge in [-0.05, 0) is 141 Å². The smallest absolute Gasteiger partial charge is 0.0541 e. The molecule has 0 N–H and O–H groups in total. The number of rotatable bonds is 9. The minimum Gasteiger partial charge on any atom is -0.311 e. The monoisotopic (exact) mass is 790 g/mol. The summed E-state index contributed by atoms with van der Waals surface area (Å²) in [6.07, 6.45) is 0. The molecule has 10 aromatic carbocycles. The van der Waals surface area contributed by atoms with E-state index in [1.54, 1.807) is 0 Å². The van der Waals surface area contributed by atoms with Gasteiger partial charge in [-0.1, -0.05) is 170 Å². The van der Waals surface area contributed by atoms with Crippen LogP contribution in [-0.2, 0) is 0 Å². The largest absolute Gasteiger partial charge is 0.311 e. The molecule has 1 heterocycles. The van der Waals surface area contributed by atoms with Crippen LogP contribution in [0.15, 0.2) is 255 Å². The Kier molecular flexibility index (Phi) is 9.57. The summed E-state index contributed by atoms with van der Waals surface area (Å²) in [6, 6.07) is 92.0. The van der Waals surface area contributed by atoms with Gasteiger partial charge in [0.25, 0.3) is 0 Å². The molecule has 292 valence electrons. The zero-order valence-corrected chi connectivity index (χ0v) is 34.1. The van der Waals surface area contributed by atoms with Gasteiger partial charge in [0.2, 0.25) is 0 Å². The first kappa shape index (κ1) is 36.8. The van der Waals surface area contributed by atoms with E-state index >= 15 is 0 Å². The highest BCUT2D eigenvalue weighted by Gasteiger charge is 2.18. The van der Waals surface area contributed by atoms with E-state index in [2.05, 4.69) is 264 Å². The Bertz CT molecular complexity index is 3160. The SMILES string of the molecule is c1ccc(-c2ccc(N(c3ccccc3)c3ccc(-n4c5ccc(-c6cccc(-c7ccccc7)c6)cc5c5cc(-c6cccc(-c7ccccc7)c6)ccc54)cc3)cc2)cc1. The van der Waals surface area contributed by atoms with Crippen LogP contribution in [-0.4, -0.2) is 4.57 Å². The second-order valence-electron chi connectivity index (χ2n) is 15.8. The van der Waals surface area contributed by atoms with Crippen LogP contribution in [0.25, 0.3) is 83.1 Å². The van der Waals surface area contributed by atoms with Gasteiger partial charge in [0.1, 0.15) is 0 Å². The van der Waals surface area contributed by atoms with Gasteiger partial charge in [-0.3, -0.25) is 0 Å². The molecule has 0 radical (unpaired) electrons. The molecular formula is C60H42N2. The van der Waals surface area contributed by atoms with Gasteiger partial charge in [-0.15, -0.1) is 0 Å². The third-order valence-corrected chi connectivity index (χ3v) is 12.0. The number of hydrogen-bond donors (Lipinski definition) is 0. The maximum atomic E-state index is 2.42. The minimum atomic E-state index is 1.09. The summed E-state index contributed by atoms with van der Waals surface area (Å²) in [5.41, 5.74) is 18.8. The number of benzene rings is 10. The number of para-hydroxylation sites is 1. The molecule has 1 aromatic heterocycles. The van der Waals surface area contributed by atoms with Crippen molar-refractivity contribution in [2.75, 3.05) is 4.90 Å². The Hall–Kier alpha value is -8.20. The standard InChI is InChI=1S/C60H42N2/c1-5-15-43(16-6-1)46-27-31-54(32-28-46)61(53-25-11-4-12-26-53)55-33-35-56(36-34-55)62-59-37-29-51(49-23-13-21-47(39-49)44-17-7-2-8-18-44)41-57(59)58-42-52(30-38-60(58)62)50-24-14-22-48(40-50)45-19-9-3-10-20-45/h1-42H. The molecule has 2 heteroatoms. The lowest BCUT2D eigenvalue weighted by molar-refractivity contribution is 1.17. The average Bonchev–Trinajstić information content (AvgIpc) is 3.69. The third kappa shape index (κ3) is 7.04. The first-order chi connectivity index (χ1) is 30.7. The van der Waals surface area contributed by atoms with E-state index < -0.39 is 0 Å². The highest BCUT2D eigenvalue weighted by atomic mass is 15.1. The molecule has 0 aliphatic rings. The molecule has 2 nitrogen and oxygen atoms in total. The number of hydrogen-bond acceptors (Lipinski definition) is 1. The molecule has 0 amide bonds. The fraction of sp³-hybridized carbons (Fsp3) is 0. The molecule has 0 unspecified atom stereocenters. The molecule has 0 fully saturated rings. The second kappa shape index (κ2) is 16.1.